The summed E-state index contributed by atoms with van der Waals surface area (Å²) in [6, 6.07) is 0. The third kappa shape index (κ3) is 77.7. The Balaban J connectivity index is 0. The van der Waals surface area contributed by atoms with Gasteiger partial charge in [-0.1, -0.05) is 0 Å². The molecule has 0 bridgehead atoms. The molecule has 0 spiro atoms. The second-order valence-corrected chi connectivity index (χ2v) is 3.13. The van der Waals surface area contributed by atoms with Crippen LogP contribution in [0.3, 0.4) is 0 Å². The predicted octanol–water partition coefficient (Wildman–Crippen LogP) is -1.22. The first-order chi connectivity index (χ1) is 4.56. The van der Waals surface area contributed by atoms with E-state index in [-0.39, 0.29) is 0 Å². The van der Waals surface area contributed by atoms with Crippen LogP contribution in [0.15, 0.2) is 0 Å². The highest BCUT2D eigenvalue weighted by atomic mass is 32.3. The first kappa shape index (κ1) is 13.3. The first-order valence-electron chi connectivity index (χ1n) is 1.79. The average molecular weight is 210 g/mol. The molecule has 0 fully saturated rings. The fraction of sp³-hybridized carbons (Fsp3) is 1.00. The van der Waals surface area contributed by atoms with Crippen molar-refractivity contribution in [3.8, 4) is 0 Å². The minimum absolute atomic E-state index is 0.870. The van der Waals surface area contributed by atoms with Crippen LogP contribution in [0.5, 0.6) is 0 Å². The normalized spacial score (nSPS) is 11.6. The van der Waals surface area contributed by atoms with E-state index < -0.39 is 20.8 Å². The van der Waals surface area contributed by atoms with E-state index in [0.29, 0.717) is 0 Å². The molecule has 0 heterocycles. The van der Waals surface area contributed by atoms with E-state index in [4.69, 9.17) is 22.1 Å². The highest BCUT2D eigenvalue weighted by Gasteiger charge is 1.94. The summed E-state index contributed by atoms with van der Waals surface area (Å²) in [5.74, 6) is 0. The van der Waals surface area contributed by atoms with Gasteiger partial charge >= 0.3 is 20.8 Å². The second kappa shape index (κ2) is 4.58. The summed E-state index contributed by atoms with van der Waals surface area (Å²) < 4.78 is 61.3. The molecular weight excluding hydrogens is 204 g/mol. The smallest absolute Gasteiger partial charge is 0.264 e. The summed E-state index contributed by atoms with van der Waals surface area (Å²) >= 11 is 0. The molecule has 3 N–H and O–H groups in total. The van der Waals surface area contributed by atoms with Gasteiger partial charge in [-0.3, -0.25) is 17.8 Å². The second-order valence-electron chi connectivity index (χ2n) is 1.04. The summed E-state index contributed by atoms with van der Waals surface area (Å²) in [5, 5.41) is 0. The van der Waals surface area contributed by atoms with Crippen LogP contribution in [0.1, 0.15) is 0 Å². The third-order valence-corrected chi connectivity index (χ3v) is 0.632. The maximum atomic E-state index is 9.33. The van der Waals surface area contributed by atoms with Crippen molar-refractivity contribution in [2.75, 3.05) is 7.11 Å². The highest BCUT2D eigenvalue weighted by molar-refractivity contribution is 7.80. The van der Waals surface area contributed by atoms with Gasteiger partial charge in [-0.15, -0.1) is 0 Å². The van der Waals surface area contributed by atoms with Gasteiger partial charge in [0, 0.05) is 0 Å². The van der Waals surface area contributed by atoms with Crippen molar-refractivity contribution in [2.45, 2.75) is 0 Å². The van der Waals surface area contributed by atoms with E-state index in [1.165, 1.54) is 0 Å². The van der Waals surface area contributed by atoms with Crippen molar-refractivity contribution >= 4 is 20.8 Å². The van der Waals surface area contributed by atoms with Crippen molar-refractivity contribution in [3.63, 3.8) is 0 Å². The number of rotatable bonds is 1. The lowest BCUT2D eigenvalue weighted by Crippen LogP contribution is -1.96. The quantitative estimate of drug-likeness (QED) is 0.458. The molecule has 0 unspecified atom stereocenters. The summed E-state index contributed by atoms with van der Waals surface area (Å²) in [4.78, 5) is 0. The standard InChI is InChI=1S/CH4O4S.H2O4S/c1-5-6(2,3)4;1-5(2,3)4/h1H3,(H,2,3,4);(H2,1,2,3,4). The van der Waals surface area contributed by atoms with Gasteiger partial charge in [-0.2, -0.15) is 16.8 Å². The Labute approximate surface area is 63.3 Å². The van der Waals surface area contributed by atoms with Gasteiger partial charge in [-0.05, 0) is 0 Å². The van der Waals surface area contributed by atoms with Gasteiger partial charge in [0.15, 0.2) is 0 Å². The zero-order valence-corrected chi connectivity index (χ0v) is 6.83. The van der Waals surface area contributed by atoms with Crippen LogP contribution in [-0.4, -0.2) is 37.6 Å². The van der Waals surface area contributed by atoms with Crippen molar-refractivity contribution in [1.82, 2.24) is 0 Å². The summed E-state index contributed by atoms with van der Waals surface area (Å²) in [5.41, 5.74) is 0. The maximum Gasteiger partial charge on any atom is 0.397 e. The van der Waals surface area contributed by atoms with Crippen LogP contribution >= 0.6 is 0 Å². The molecule has 10 heteroatoms. The van der Waals surface area contributed by atoms with E-state index in [1.807, 2.05) is 0 Å². The topological polar surface area (TPSA) is 138 Å². The molecule has 0 saturated carbocycles. The van der Waals surface area contributed by atoms with Crippen molar-refractivity contribution < 1.29 is 34.7 Å². The molecule has 70 valence electrons. The van der Waals surface area contributed by atoms with Crippen molar-refractivity contribution in [3.05, 3.63) is 0 Å². The summed E-state index contributed by atoms with van der Waals surface area (Å²) in [7, 11) is -7.96. The van der Waals surface area contributed by atoms with Gasteiger partial charge in [0.25, 0.3) is 0 Å². The molecule has 0 aromatic carbocycles. The van der Waals surface area contributed by atoms with Gasteiger partial charge in [0.1, 0.15) is 0 Å². The lowest BCUT2D eigenvalue weighted by molar-refractivity contribution is 0.324. The maximum absolute atomic E-state index is 9.33. The molecule has 8 nitrogen and oxygen atoms in total. The van der Waals surface area contributed by atoms with Crippen LogP contribution in [0.25, 0.3) is 0 Å². The van der Waals surface area contributed by atoms with Gasteiger partial charge in [-0.25, -0.2) is 0 Å². The van der Waals surface area contributed by atoms with E-state index >= 15 is 0 Å². The van der Waals surface area contributed by atoms with Crippen LogP contribution in [0.2, 0.25) is 0 Å². The molecule has 0 saturated heterocycles. The largest absolute Gasteiger partial charge is 0.397 e. The van der Waals surface area contributed by atoms with E-state index in [2.05, 4.69) is 4.18 Å². The molecule has 11 heavy (non-hydrogen) atoms. The van der Waals surface area contributed by atoms with Gasteiger partial charge < -0.3 is 0 Å². The fourth-order valence-corrected chi connectivity index (χ4v) is 0. The van der Waals surface area contributed by atoms with Crippen molar-refractivity contribution in [2.24, 2.45) is 0 Å². The predicted molar refractivity (Wildman–Crippen MR) is 32.7 cm³/mol. The molecule has 0 radical (unpaired) electrons. The molecule has 0 aliphatic carbocycles. The zero-order valence-electron chi connectivity index (χ0n) is 5.20. The molecular formula is CH6O8S2. The molecule has 0 aliphatic rings. The average Bonchev–Trinajstić information content (AvgIpc) is 1.59. The van der Waals surface area contributed by atoms with E-state index in [1.54, 1.807) is 0 Å². The number of hydrogen-bond donors (Lipinski definition) is 3. The van der Waals surface area contributed by atoms with Gasteiger partial charge in [0.05, 0.1) is 7.11 Å². The van der Waals surface area contributed by atoms with Crippen LogP contribution in [-0.2, 0) is 25.0 Å². The monoisotopic (exact) mass is 210 g/mol. The minimum atomic E-state index is -4.67. The Bertz CT molecular complexity index is 259. The Morgan fingerprint density at radius 1 is 1.00 bits per heavy atom. The highest BCUT2D eigenvalue weighted by Crippen LogP contribution is 1.74. The van der Waals surface area contributed by atoms with Crippen molar-refractivity contribution in [1.29, 1.82) is 0 Å². The molecule has 0 rings (SSSR count). The lowest BCUT2D eigenvalue weighted by Gasteiger charge is -1.82. The first-order valence-corrected chi connectivity index (χ1v) is 4.55. The Morgan fingerprint density at radius 3 is 1.09 bits per heavy atom. The summed E-state index contributed by atoms with van der Waals surface area (Å²) in [6.07, 6.45) is 0. The Hall–Kier alpha value is -0.260. The minimum Gasteiger partial charge on any atom is -0.264 e. The molecule has 0 atom stereocenters. The third-order valence-electron chi connectivity index (χ3n) is 0.211. The molecule has 0 amide bonds. The number of hydrogen-bond acceptors (Lipinski definition) is 5. The Morgan fingerprint density at radius 2 is 1.09 bits per heavy atom. The lowest BCUT2D eigenvalue weighted by atomic mass is 11.8. The Kier molecular flexibility index (Phi) is 5.56. The van der Waals surface area contributed by atoms with E-state index in [0.717, 1.165) is 7.11 Å². The fourth-order valence-electron chi connectivity index (χ4n) is 0. The summed E-state index contributed by atoms with van der Waals surface area (Å²) in [6.45, 7) is 0. The van der Waals surface area contributed by atoms with Crippen LogP contribution < -0.4 is 0 Å². The SMILES string of the molecule is COS(=O)(=O)O.O=S(=O)(O)O. The van der Waals surface area contributed by atoms with Crippen LogP contribution in [0, 0.1) is 0 Å². The molecule has 0 aliphatic heterocycles. The van der Waals surface area contributed by atoms with Crippen LogP contribution in [0.4, 0.5) is 0 Å². The molecule has 0 aromatic rings. The van der Waals surface area contributed by atoms with Gasteiger partial charge in [0.2, 0.25) is 0 Å². The van der Waals surface area contributed by atoms with E-state index in [9.17, 15) is 8.42 Å². The molecule has 0 aromatic heterocycles. The zero-order chi connectivity index (χ0) is 9.71.